The first-order chi connectivity index (χ1) is 13.9. The van der Waals surface area contributed by atoms with Crippen LogP contribution in [0.15, 0.2) is 36.4 Å². The van der Waals surface area contributed by atoms with Crippen LogP contribution in [0.4, 0.5) is 19.3 Å². The molecule has 8 heteroatoms. The minimum atomic E-state index is -3.67. The Bertz CT molecular complexity index is 962. The number of fused-ring (bicyclic) bond motifs is 2. The first-order valence-electron chi connectivity index (χ1n) is 9.50. The number of carbonyl (C=O) groups excluding carboxylic acids is 2. The smallest absolute Gasteiger partial charge is 0.395 e. The number of hydrogen-bond donors (Lipinski definition) is 2. The van der Waals surface area contributed by atoms with Gasteiger partial charge in [-0.25, -0.2) is 4.79 Å². The third kappa shape index (κ3) is 4.31. The van der Waals surface area contributed by atoms with Crippen LogP contribution in [0.3, 0.4) is 0 Å². The number of ether oxygens (including phenoxy) is 2. The summed E-state index contributed by atoms with van der Waals surface area (Å²) in [7, 11) is 0. The number of rotatable bonds is 4. The molecule has 0 saturated heterocycles. The van der Waals surface area contributed by atoms with Crippen LogP contribution in [0, 0.1) is 0 Å². The number of para-hydroxylation sites is 1. The number of ketones is 1. The topological polar surface area (TPSA) is 76.7 Å². The van der Waals surface area contributed by atoms with Crippen LogP contribution in [0.1, 0.15) is 40.7 Å². The van der Waals surface area contributed by atoms with Gasteiger partial charge in [-0.3, -0.25) is 4.79 Å². The van der Waals surface area contributed by atoms with E-state index in [1.807, 2.05) is 6.07 Å². The molecule has 152 valence electrons. The fraction of sp³-hybridized carbons (Fsp3) is 0.333. The number of hydrogen-bond acceptors (Lipinski definition) is 4. The third-order valence-electron chi connectivity index (χ3n) is 4.96. The summed E-state index contributed by atoms with van der Waals surface area (Å²) in [4.78, 5) is 24.4. The monoisotopic (exact) mass is 402 g/mol. The van der Waals surface area contributed by atoms with Gasteiger partial charge in [0.15, 0.2) is 17.3 Å². The van der Waals surface area contributed by atoms with E-state index in [9.17, 15) is 18.4 Å². The van der Waals surface area contributed by atoms with Gasteiger partial charge in [-0.05, 0) is 49.4 Å². The van der Waals surface area contributed by atoms with E-state index in [2.05, 4.69) is 20.1 Å². The number of alkyl halides is 2. The van der Waals surface area contributed by atoms with Gasteiger partial charge in [-0.1, -0.05) is 18.2 Å². The highest BCUT2D eigenvalue weighted by molar-refractivity contribution is 5.99. The Labute approximate surface area is 166 Å². The van der Waals surface area contributed by atoms with Crippen molar-refractivity contribution in [2.75, 3.05) is 11.9 Å². The summed E-state index contributed by atoms with van der Waals surface area (Å²) in [6, 6.07) is 9.54. The molecule has 0 spiro atoms. The van der Waals surface area contributed by atoms with Crippen LogP contribution in [-0.2, 0) is 12.8 Å². The molecule has 2 amide bonds. The van der Waals surface area contributed by atoms with E-state index in [1.165, 1.54) is 6.07 Å². The molecular weight excluding hydrogens is 382 g/mol. The zero-order chi connectivity index (χ0) is 20.4. The van der Waals surface area contributed by atoms with Crippen molar-refractivity contribution in [2.45, 2.75) is 38.4 Å². The Balaban J connectivity index is 1.34. The Kier molecular flexibility index (Phi) is 5.08. The van der Waals surface area contributed by atoms with Crippen LogP contribution in [0.5, 0.6) is 11.5 Å². The predicted octanol–water partition coefficient (Wildman–Crippen LogP) is 4.28. The minimum Gasteiger partial charge on any atom is -0.395 e. The number of nitrogens with one attached hydrogen (secondary N) is 2. The van der Waals surface area contributed by atoms with Gasteiger partial charge in [0.25, 0.3) is 0 Å². The van der Waals surface area contributed by atoms with Crippen molar-refractivity contribution in [1.82, 2.24) is 5.32 Å². The maximum absolute atomic E-state index is 13.2. The standard InChI is InChI=1S/C21H20F2N2O4/c22-21(23)28-18-7-3-5-14(19(18)29-21)10-11-24-20(27)25-15-9-8-13-4-1-2-6-17(26)16(13)12-15/h3,5,7-9,12H,1-2,4,6,10-11H2,(H2,24,25,27). The van der Waals surface area contributed by atoms with E-state index < -0.39 is 12.3 Å². The van der Waals surface area contributed by atoms with Gasteiger partial charge >= 0.3 is 12.3 Å². The van der Waals surface area contributed by atoms with E-state index in [1.54, 1.807) is 24.3 Å². The SMILES string of the molecule is O=C(NCCc1cccc2c1OC(F)(F)O2)Nc1ccc2c(c1)C(=O)CCCC2. The van der Waals surface area contributed by atoms with Crippen molar-refractivity contribution < 1.29 is 27.8 Å². The molecule has 0 fully saturated rings. The predicted molar refractivity (Wildman–Crippen MR) is 102 cm³/mol. The zero-order valence-electron chi connectivity index (χ0n) is 15.6. The summed E-state index contributed by atoms with van der Waals surface area (Å²) in [6.07, 6.45) is -0.143. The largest absolute Gasteiger partial charge is 0.586 e. The Morgan fingerprint density at radius 3 is 2.79 bits per heavy atom. The second-order valence-corrected chi connectivity index (χ2v) is 7.04. The molecule has 2 aliphatic rings. The lowest BCUT2D eigenvalue weighted by atomic mass is 10.0. The van der Waals surface area contributed by atoms with E-state index >= 15 is 0 Å². The number of carbonyl (C=O) groups is 2. The number of benzene rings is 2. The number of urea groups is 1. The van der Waals surface area contributed by atoms with E-state index in [4.69, 9.17) is 0 Å². The number of anilines is 1. The molecule has 0 atom stereocenters. The van der Waals surface area contributed by atoms with Gasteiger partial charge < -0.3 is 20.1 Å². The molecule has 1 heterocycles. The highest BCUT2D eigenvalue weighted by Crippen LogP contribution is 2.43. The van der Waals surface area contributed by atoms with E-state index in [-0.39, 0.29) is 23.8 Å². The van der Waals surface area contributed by atoms with Crippen LogP contribution < -0.4 is 20.1 Å². The molecule has 1 aliphatic heterocycles. The molecule has 0 bridgehead atoms. The summed E-state index contributed by atoms with van der Waals surface area (Å²) in [5.74, 6) is 0.0640. The molecular formula is C21H20F2N2O4. The van der Waals surface area contributed by atoms with Gasteiger partial charge in [0.05, 0.1) is 0 Å². The number of aryl methyl sites for hydroxylation is 1. The lowest BCUT2D eigenvalue weighted by molar-refractivity contribution is -0.286. The highest BCUT2D eigenvalue weighted by Gasteiger charge is 2.44. The average molecular weight is 402 g/mol. The molecule has 29 heavy (non-hydrogen) atoms. The van der Waals surface area contributed by atoms with Crippen molar-refractivity contribution in [1.29, 1.82) is 0 Å². The van der Waals surface area contributed by atoms with Crippen LogP contribution in [0.2, 0.25) is 0 Å². The number of amides is 2. The molecule has 0 saturated carbocycles. The zero-order valence-corrected chi connectivity index (χ0v) is 15.6. The summed E-state index contributed by atoms with van der Waals surface area (Å²) in [5, 5.41) is 5.38. The quantitative estimate of drug-likeness (QED) is 0.749. The molecule has 2 N–H and O–H groups in total. The lowest BCUT2D eigenvalue weighted by Crippen LogP contribution is -2.30. The fourth-order valence-electron chi connectivity index (χ4n) is 3.58. The molecule has 6 nitrogen and oxygen atoms in total. The summed E-state index contributed by atoms with van der Waals surface area (Å²) < 4.78 is 35.4. The van der Waals surface area contributed by atoms with Gasteiger partial charge in [-0.15, -0.1) is 8.78 Å². The first kappa shape index (κ1) is 19.2. The average Bonchev–Trinajstić information content (AvgIpc) is 2.88. The van der Waals surface area contributed by atoms with Gasteiger partial charge in [0, 0.05) is 29.8 Å². The Morgan fingerprint density at radius 2 is 1.93 bits per heavy atom. The second-order valence-electron chi connectivity index (χ2n) is 7.04. The molecule has 0 aromatic heterocycles. The van der Waals surface area contributed by atoms with Crippen molar-refractivity contribution in [3.05, 3.63) is 53.1 Å². The van der Waals surface area contributed by atoms with Crippen molar-refractivity contribution in [3.63, 3.8) is 0 Å². The van der Waals surface area contributed by atoms with Crippen LogP contribution in [0.25, 0.3) is 0 Å². The number of halogens is 2. The Morgan fingerprint density at radius 1 is 1.10 bits per heavy atom. The maximum atomic E-state index is 13.2. The van der Waals surface area contributed by atoms with Gasteiger partial charge in [0.2, 0.25) is 0 Å². The fourth-order valence-corrected chi connectivity index (χ4v) is 3.58. The van der Waals surface area contributed by atoms with E-state index in [0.29, 0.717) is 29.7 Å². The molecule has 1 aliphatic carbocycles. The van der Waals surface area contributed by atoms with Crippen molar-refractivity contribution >= 4 is 17.5 Å². The van der Waals surface area contributed by atoms with Crippen LogP contribution >= 0.6 is 0 Å². The van der Waals surface area contributed by atoms with E-state index in [0.717, 1.165) is 24.8 Å². The molecule has 2 aromatic carbocycles. The number of Topliss-reactive ketones (excluding diaryl/α,β-unsaturated/α-hetero) is 1. The van der Waals surface area contributed by atoms with Crippen LogP contribution in [-0.4, -0.2) is 24.7 Å². The lowest BCUT2D eigenvalue weighted by Gasteiger charge is -2.11. The summed E-state index contributed by atoms with van der Waals surface area (Å²) in [5.41, 5.74) is 2.72. The first-order valence-corrected chi connectivity index (χ1v) is 9.50. The molecule has 0 radical (unpaired) electrons. The summed E-state index contributed by atoms with van der Waals surface area (Å²) in [6.45, 7) is 0.209. The highest BCUT2D eigenvalue weighted by atomic mass is 19.3. The van der Waals surface area contributed by atoms with Gasteiger partial charge in [-0.2, -0.15) is 0 Å². The molecule has 2 aromatic rings. The molecule has 0 unspecified atom stereocenters. The van der Waals surface area contributed by atoms with Crippen molar-refractivity contribution in [3.8, 4) is 11.5 Å². The summed E-state index contributed by atoms with van der Waals surface area (Å²) >= 11 is 0. The van der Waals surface area contributed by atoms with Crippen molar-refractivity contribution in [2.24, 2.45) is 0 Å². The third-order valence-corrected chi connectivity index (χ3v) is 4.96. The normalized spacial score (nSPS) is 16.7. The Hall–Kier alpha value is -3.16. The second kappa shape index (κ2) is 7.69. The maximum Gasteiger partial charge on any atom is 0.586 e. The van der Waals surface area contributed by atoms with Gasteiger partial charge in [0.1, 0.15) is 0 Å². The molecule has 4 rings (SSSR count). The minimum absolute atomic E-state index is 0.0102.